The molecule has 0 aliphatic carbocycles. The molecule has 1 aromatic heterocycles. The summed E-state index contributed by atoms with van der Waals surface area (Å²) in [6, 6.07) is 12.1. The molecule has 2 aromatic carbocycles. The first kappa shape index (κ1) is 17.8. The fraction of sp³-hybridized carbons (Fsp3) is 0.0556. The predicted molar refractivity (Wildman–Crippen MR) is 96.9 cm³/mol. The number of nitrogens with zero attached hydrogens (tertiary/aromatic N) is 2. The molecule has 0 unspecified atom stereocenters. The predicted octanol–water partition coefficient (Wildman–Crippen LogP) is 3.95. The van der Waals surface area contributed by atoms with Gasteiger partial charge in [-0.15, -0.1) is 0 Å². The molecule has 1 amide bonds. The molecule has 3 aromatic rings. The molecule has 1 heterocycles. The van der Waals surface area contributed by atoms with Gasteiger partial charge in [-0.1, -0.05) is 0 Å². The molecule has 132 valence electrons. The second-order valence-corrected chi connectivity index (χ2v) is 6.20. The van der Waals surface area contributed by atoms with E-state index < -0.39 is 5.97 Å². The molecule has 26 heavy (non-hydrogen) atoms. The Morgan fingerprint density at radius 2 is 1.77 bits per heavy atom. The summed E-state index contributed by atoms with van der Waals surface area (Å²) >= 11 is 3.28. The van der Waals surface area contributed by atoms with Gasteiger partial charge in [-0.2, -0.15) is 5.10 Å². The summed E-state index contributed by atoms with van der Waals surface area (Å²) in [7, 11) is 0. The quantitative estimate of drug-likeness (QED) is 0.515. The standard InChI is InChI=1S/C18H13BrFN3O3/c1-11(24)21-13-4-8-15(9-5-13)26-18(25)17-16(19)10-23(22-17)14-6-2-12(20)3-7-14/h2-10H,1H3,(H,21,24). The molecule has 8 heteroatoms. The third-order valence-electron chi connectivity index (χ3n) is 3.34. The number of carbonyl (C=O) groups excluding carboxylic acids is 2. The number of nitrogens with one attached hydrogen (secondary N) is 1. The van der Waals surface area contributed by atoms with Gasteiger partial charge in [0.2, 0.25) is 5.91 Å². The van der Waals surface area contributed by atoms with E-state index in [4.69, 9.17) is 4.74 Å². The smallest absolute Gasteiger partial charge is 0.365 e. The largest absolute Gasteiger partial charge is 0.422 e. The number of hydrogen-bond acceptors (Lipinski definition) is 4. The highest BCUT2D eigenvalue weighted by atomic mass is 79.9. The number of rotatable bonds is 4. The maximum Gasteiger partial charge on any atom is 0.365 e. The molecule has 0 atom stereocenters. The van der Waals surface area contributed by atoms with Gasteiger partial charge in [0.1, 0.15) is 11.6 Å². The van der Waals surface area contributed by atoms with Crippen molar-refractivity contribution in [1.82, 2.24) is 9.78 Å². The summed E-state index contributed by atoms with van der Waals surface area (Å²) in [5, 5.41) is 6.80. The lowest BCUT2D eigenvalue weighted by Gasteiger charge is -2.05. The number of carbonyl (C=O) groups is 2. The van der Waals surface area contributed by atoms with Crippen molar-refractivity contribution in [1.29, 1.82) is 0 Å². The zero-order valence-electron chi connectivity index (χ0n) is 13.6. The van der Waals surface area contributed by atoms with Crippen LogP contribution in [0.3, 0.4) is 0 Å². The van der Waals surface area contributed by atoms with Crippen molar-refractivity contribution < 1.29 is 18.7 Å². The van der Waals surface area contributed by atoms with Crippen LogP contribution < -0.4 is 10.1 Å². The van der Waals surface area contributed by atoms with Crippen molar-refractivity contribution >= 4 is 33.5 Å². The molecule has 0 saturated heterocycles. The molecular weight excluding hydrogens is 405 g/mol. The van der Waals surface area contributed by atoms with Gasteiger partial charge in [0.25, 0.3) is 0 Å². The Kier molecular flexibility index (Phi) is 5.13. The minimum absolute atomic E-state index is 0.0836. The van der Waals surface area contributed by atoms with Gasteiger partial charge in [-0.3, -0.25) is 4.79 Å². The Morgan fingerprint density at radius 3 is 2.38 bits per heavy atom. The fourth-order valence-corrected chi connectivity index (χ4v) is 2.62. The molecule has 0 bridgehead atoms. The van der Waals surface area contributed by atoms with E-state index >= 15 is 0 Å². The first-order valence-corrected chi connectivity index (χ1v) is 8.32. The van der Waals surface area contributed by atoms with Crippen LogP contribution in [0, 0.1) is 5.82 Å². The van der Waals surface area contributed by atoms with E-state index in [0.717, 1.165) is 0 Å². The zero-order valence-corrected chi connectivity index (χ0v) is 15.2. The number of anilines is 1. The Hall–Kier alpha value is -3.00. The van der Waals surface area contributed by atoms with Crippen molar-refractivity contribution in [3.8, 4) is 11.4 Å². The normalized spacial score (nSPS) is 10.4. The Morgan fingerprint density at radius 1 is 1.12 bits per heavy atom. The van der Waals surface area contributed by atoms with Gasteiger partial charge in [-0.25, -0.2) is 13.9 Å². The minimum atomic E-state index is -0.648. The number of amides is 1. The maximum atomic E-state index is 13.0. The number of ether oxygens (including phenoxy) is 1. The number of esters is 1. The van der Waals surface area contributed by atoms with Crippen LogP contribution >= 0.6 is 15.9 Å². The van der Waals surface area contributed by atoms with E-state index in [9.17, 15) is 14.0 Å². The van der Waals surface area contributed by atoms with Crippen molar-refractivity contribution in [3.63, 3.8) is 0 Å². The number of hydrogen-bond donors (Lipinski definition) is 1. The summed E-state index contributed by atoms with van der Waals surface area (Å²) in [6.45, 7) is 1.41. The molecule has 0 aliphatic rings. The van der Waals surface area contributed by atoms with Crippen LogP contribution in [0.4, 0.5) is 10.1 Å². The molecule has 1 N–H and O–H groups in total. The Balaban J connectivity index is 1.75. The average molecular weight is 418 g/mol. The highest BCUT2D eigenvalue weighted by molar-refractivity contribution is 9.10. The molecule has 0 fully saturated rings. The molecule has 3 rings (SSSR count). The Labute approximate surface area is 156 Å². The maximum absolute atomic E-state index is 13.0. The topological polar surface area (TPSA) is 73.2 Å². The molecule has 0 spiro atoms. The van der Waals surface area contributed by atoms with E-state index in [0.29, 0.717) is 21.6 Å². The van der Waals surface area contributed by atoms with E-state index in [1.165, 1.54) is 23.7 Å². The van der Waals surface area contributed by atoms with Crippen LogP contribution in [-0.2, 0) is 4.79 Å². The molecule has 0 saturated carbocycles. The van der Waals surface area contributed by atoms with Gasteiger partial charge < -0.3 is 10.1 Å². The fourth-order valence-electron chi connectivity index (χ4n) is 2.18. The zero-order chi connectivity index (χ0) is 18.7. The van der Waals surface area contributed by atoms with Crippen molar-refractivity contribution in [2.24, 2.45) is 0 Å². The van der Waals surface area contributed by atoms with Gasteiger partial charge in [0.05, 0.1) is 10.2 Å². The SMILES string of the molecule is CC(=O)Nc1ccc(OC(=O)c2nn(-c3ccc(F)cc3)cc2Br)cc1. The lowest BCUT2D eigenvalue weighted by Crippen LogP contribution is -2.11. The monoisotopic (exact) mass is 417 g/mol. The van der Waals surface area contributed by atoms with E-state index in [2.05, 4.69) is 26.3 Å². The second kappa shape index (κ2) is 7.49. The van der Waals surface area contributed by atoms with E-state index in [1.807, 2.05) is 0 Å². The summed E-state index contributed by atoms with van der Waals surface area (Å²) in [6.07, 6.45) is 1.59. The summed E-state index contributed by atoms with van der Waals surface area (Å²) in [4.78, 5) is 23.3. The summed E-state index contributed by atoms with van der Waals surface area (Å²) in [5.74, 6) is -0.885. The number of halogens is 2. The van der Waals surface area contributed by atoms with Gasteiger partial charge >= 0.3 is 5.97 Å². The van der Waals surface area contributed by atoms with Crippen LogP contribution in [0.2, 0.25) is 0 Å². The van der Waals surface area contributed by atoms with Crippen LogP contribution in [0.25, 0.3) is 5.69 Å². The summed E-state index contributed by atoms with van der Waals surface area (Å²) in [5.41, 5.74) is 1.28. The third kappa shape index (κ3) is 4.15. The highest BCUT2D eigenvalue weighted by Gasteiger charge is 2.18. The highest BCUT2D eigenvalue weighted by Crippen LogP contribution is 2.22. The van der Waals surface area contributed by atoms with Crippen LogP contribution in [0.1, 0.15) is 17.4 Å². The van der Waals surface area contributed by atoms with Crippen molar-refractivity contribution in [2.75, 3.05) is 5.32 Å². The van der Waals surface area contributed by atoms with Crippen LogP contribution in [-0.4, -0.2) is 21.7 Å². The average Bonchev–Trinajstić information content (AvgIpc) is 2.99. The summed E-state index contributed by atoms with van der Waals surface area (Å²) < 4.78 is 20.2. The first-order chi connectivity index (χ1) is 12.4. The molecule has 0 aliphatic heterocycles. The lowest BCUT2D eigenvalue weighted by atomic mass is 10.3. The lowest BCUT2D eigenvalue weighted by molar-refractivity contribution is -0.114. The van der Waals surface area contributed by atoms with Gasteiger partial charge in [0, 0.05) is 18.8 Å². The molecule has 6 nitrogen and oxygen atoms in total. The van der Waals surface area contributed by atoms with E-state index in [-0.39, 0.29) is 17.4 Å². The second-order valence-electron chi connectivity index (χ2n) is 5.34. The molecule has 0 radical (unpaired) electrons. The van der Waals surface area contributed by atoms with Crippen molar-refractivity contribution in [3.05, 3.63) is 70.7 Å². The van der Waals surface area contributed by atoms with Crippen molar-refractivity contribution in [2.45, 2.75) is 6.92 Å². The number of benzene rings is 2. The van der Waals surface area contributed by atoms with E-state index in [1.54, 1.807) is 42.6 Å². The number of aromatic nitrogens is 2. The molecular formula is C18H13BrFN3O3. The third-order valence-corrected chi connectivity index (χ3v) is 3.92. The van der Waals surface area contributed by atoms with Gasteiger partial charge in [-0.05, 0) is 64.5 Å². The minimum Gasteiger partial charge on any atom is -0.422 e. The van der Waals surface area contributed by atoms with Crippen LogP contribution in [0.5, 0.6) is 5.75 Å². The van der Waals surface area contributed by atoms with Crippen LogP contribution in [0.15, 0.2) is 59.2 Å². The first-order valence-electron chi connectivity index (χ1n) is 7.53. The van der Waals surface area contributed by atoms with Gasteiger partial charge in [0.15, 0.2) is 5.69 Å². The Bertz CT molecular complexity index is 953.